The average molecular weight is 159 g/mol. The van der Waals surface area contributed by atoms with Gasteiger partial charge in [0.25, 0.3) is 0 Å². The molecule has 2 rings (SSSR count). The fourth-order valence-corrected chi connectivity index (χ4v) is 1.31. The molecule has 0 radical (unpaired) electrons. The zero-order valence-electron chi connectivity index (χ0n) is 7.25. The molecular weight excluding hydrogens is 146 g/mol. The quantitative estimate of drug-likeness (QED) is 0.669. The van der Waals surface area contributed by atoms with Crippen molar-refractivity contribution in [2.24, 2.45) is 0 Å². The van der Waals surface area contributed by atoms with Crippen molar-refractivity contribution in [2.45, 2.75) is 12.8 Å². The standard InChI is InChI=1S/C11H13N/c1-2-12-11-7-5-10(6-8-11)9-3-4-9/h3-9,12H,2H2,1H3. The first kappa shape index (κ1) is 7.41. The van der Waals surface area contributed by atoms with E-state index in [0.29, 0.717) is 5.92 Å². The highest BCUT2D eigenvalue weighted by Gasteiger charge is 2.12. The number of anilines is 1. The van der Waals surface area contributed by atoms with Crippen molar-refractivity contribution in [1.29, 1.82) is 0 Å². The van der Waals surface area contributed by atoms with Crippen molar-refractivity contribution in [3.63, 3.8) is 0 Å². The van der Waals surface area contributed by atoms with E-state index >= 15 is 0 Å². The van der Waals surface area contributed by atoms with Gasteiger partial charge in [-0.3, -0.25) is 0 Å². The van der Waals surface area contributed by atoms with Crippen molar-refractivity contribution >= 4 is 5.69 Å². The second-order valence-corrected chi connectivity index (χ2v) is 3.06. The van der Waals surface area contributed by atoms with Gasteiger partial charge in [-0.1, -0.05) is 24.3 Å². The van der Waals surface area contributed by atoms with Crippen molar-refractivity contribution in [3.8, 4) is 0 Å². The van der Waals surface area contributed by atoms with Crippen LogP contribution in [0.25, 0.3) is 0 Å². The number of benzene rings is 1. The lowest BCUT2D eigenvalue weighted by molar-refractivity contribution is 1.19. The molecule has 1 nitrogen and oxygen atoms in total. The minimum absolute atomic E-state index is 0.626. The maximum absolute atomic E-state index is 3.27. The lowest BCUT2D eigenvalue weighted by atomic mass is 10.1. The predicted molar refractivity (Wildman–Crippen MR) is 52.5 cm³/mol. The summed E-state index contributed by atoms with van der Waals surface area (Å²) < 4.78 is 0. The second-order valence-electron chi connectivity index (χ2n) is 3.06. The number of nitrogens with one attached hydrogen (secondary N) is 1. The molecule has 1 heteroatoms. The minimum Gasteiger partial charge on any atom is -0.385 e. The van der Waals surface area contributed by atoms with Crippen LogP contribution in [-0.4, -0.2) is 6.54 Å². The van der Waals surface area contributed by atoms with Crippen molar-refractivity contribution < 1.29 is 0 Å². The van der Waals surface area contributed by atoms with Crippen LogP contribution in [0, 0.1) is 0 Å². The molecule has 0 bridgehead atoms. The van der Waals surface area contributed by atoms with Crippen LogP contribution in [0.15, 0.2) is 36.4 Å². The summed E-state index contributed by atoms with van der Waals surface area (Å²) in [6.07, 6.45) is 4.42. The maximum Gasteiger partial charge on any atom is 0.0340 e. The van der Waals surface area contributed by atoms with Crippen LogP contribution >= 0.6 is 0 Å². The molecule has 1 aromatic rings. The van der Waals surface area contributed by atoms with E-state index in [-0.39, 0.29) is 0 Å². The fraction of sp³-hybridized carbons (Fsp3) is 0.273. The van der Waals surface area contributed by atoms with E-state index in [0.717, 1.165) is 6.54 Å². The van der Waals surface area contributed by atoms with Gasteiger partial charge in [-0.05, 0) is 24.6 Å². The molecule has 0 aliphatic heterocycles. The molecule has 0 aromatic heterocycles. The third-order valence-electron chi connectivity index (χ3n) is 2.06. The molecule has 1 N–H and O–H groups in total. The molecule has 0 spiro atoms. The first-order valence-corrected chi connectivity index (χ1v) is 4.42. The number of rotatable bonds is 3. The van der Waals surface area contributed by atoms with Crippen LogP contribution < -0.4 is 5.32 Å². The van der Waals surface area contributed by atoms with Gasteiger partial charge in [0.2, 0.25) is 0 Å². The van der Waals surface area contributed by atoms with E-state index in [1.54, 1.807) is 0 Å². The second kappa shape index (κ2) is 3.02. The summed E-state index contributed by atoms with van der Waals surface area (Å²) in [5, 5.41) is 3.27. The molecule has 1 aromatic carbocycles. The molecule has 0 amide bonds. The molecule has 12 heavy (non-hydrogen) atoms. The van der Waals surface area contributed by atoms with E-state index in [1.165, 1.54) is 11.3 Å². The smallest absolute Gasteiger partial charge is 0.0340 e. The van der Waals surface area contributed by atoms with Gasteiger partial charge >= 0.3 is 0 Å². The van der Waals surface area contributed by atoms with Crippen LogP contribution in [0.5, 0.6) is 0 Å². The maximum atomic E-state index is 3.27. The van der Waals surface area contributed by atoms with Crippen LogP contribution in [0.3, 0.4) is 0 Å². The number of hydrogen-bond donors (Lipinski definition) is 1. The molecule has 0 atom stereocenters. The molecule has 0 saturated carbocycles. The zero-order valence-corrected chi connectivity index (χ0v) is 7.25. The molecule has 62 valence electrons. The fourth-order valence-electron chi connectivity index (χ4n) is 1.31. The Morgan fingerprint density at radius 3 is 2.33 bits per heavy atom. The first-order valence-electron chi connectivity index (χ1n) is 4.42. The van der Waals surface area contributed by atoms with Crippen molar-refractivity contribution in [1.82, 2.24) is 0 Å². The Bertz CT molecular complexity index is 278. The van der Waals surface area contributed by atoms with Gasteiger partial charge in [-0.25, -0.2) is 0 Å². The summed E-state index contributed by atoms with van der Waals surface area (Å²) in [6.45, 7) is 3.09. The van der Waals surface area contributed by atoms with E-state index < -0.39 is 0 Å². The third-order valence-corrected chi connectivity index (χ3v) is 2.06. The van der Waals surface area contributed by atoms with Gasteiger partial charge in [0.1, 0.15) is 0 Å². The molecular formula is C11H13N. The molecule has 1 aliphatic carbocycles. The largest absolute Gasteiger partial charge is 0.385 e. The minimum atomic E-state index is 0.626. The van der Waals surface area contributed by atoms with Gasteiger partial charge in [-0.2, -0.15) is 0 Å². The van der Waals surface area contributed by atoms with Gasteiger partial charge in [0.15, 0.2) is 0 Å². The highest BCUT2D eigenvalue weighted by atomic mass is 14.8. The summed E-state index contributed by atoms with van der Waals surface area (Å²) in [5.74, 6) is 0.626. The van der Waals surface area contributed by atoms with Crippen LogP contribution in [-0.2, 0) is 0 Å². The molecule has 0 heterocycles. The third kappa shape index (κ3) is 1.50. The van der Waals surface area contributed by atoms with Gasteiger partial charge in [0, 0.05) is 18.2 Å². The summed E-state index contributed by atoms with van der Waals surface area (Å²) >= 11 is 0. The Hall–Kier alpha value is -1.24. The zero-order chi connectivity index (χ0) is 8.39. The monoisotopic (exact) mass is 159 g/mol. The Labute approximate surface area is 73.1 Å². The van der Waals surface area contributed by atoms with Crippen molar-refractivity contribution in [3.05, 3.63) is 42.0 Å². The Balaban J connectivity index is 2.08. The normalized spacial score (nSPS) is 14.8. The summed E-state index contributed by atoms with van der Waals surface area (Å²) in [7, 11) is 0. The molecule has 0 fully saturated rings. The van der Waals surface area contributed by atoms with Crippen LogP contribution in [0.2, 0.25) is 0 Å². The lowest BCUT2D eigenvalue weighted by Gasteiger charge is -2.03. The van der Waals surface area contributed by atoms with Gasteiger partial charge < -0.3 is 5.32 Å². The Morgan fingerprint density at radius 1 is 1.17 bits per heavy atom. The summed E-state index contributed by atoms with van der Waals surface area (Å²) in [6, 6.07) is 8.64. The Kier molecular flexibility index (Phi) is 1.86. The van der Waals surface area contributed by atoms with E-state index in [2.05, 4.69) is 48.7 Å². The average Bonchev–Trinajstić information content (AvgIpc) is 2.89. The topological polar surface area (TPSA) is 12.0 Å². The number of allylic oxidation sites excluding steroid dienone is 2. The van der Waals surface area contributed by atoms with Gasteiger partial charge in [0.05, 0.1) is 0 Å². The summed E-state index contributed by atoms with van der Waals surface area (Å²) in [4.78, 5) is 0. The lowest BCUT2D eigenvalue weighted by Crippen LogP contribution is -1.95. The highest BCUT2D eigenvalue weighted by molar-refractivity contribution is 5.48. The van der Waals surface area contributed by atoms with E-state index in [9.17, 15) is 0 Å². The highest BCUT2D eigenvalue weighted by Crippen LogP contribution is 2.29. The molecule has 1 aliphatic rings. The first-order chi connectivity index (χ1) is 5.90. The SMILES string of the molecule is CCNc1ccc(C2C=C2)cc1. The molecule has 0 saturated heterocycles. The van der Waals surface area contributed by atoms with E-state index in [4.69, 9.17) is 0 Å². The van der Waals surface area contributed by atoms with Crippen molar-refractivity contribution in [2.75, 3.05) is 11.9 Å². The summed E-state index contributed by atoms with van der Waals surface area (Å²) in [5.41, 5.74) is 2.61. The Morgan fingerprint density at radius 2 is 1.83 bits per heavy atom. The predicted octanol–water partition coefficient (Wildman–Crippen LogP) is 2.77. The van der Waals surface area contributed by atoms with Crippen LogP contribution in [0.1, 0.15) is 18.4 Å². The number of hydrogen-bond acceptors (Lipinski definition) is 1. The van der Waals surface area contributed by atoms with E-state index in [1.807, 2.05) is 0 Å². The van der Waals surface area contributed by atoms with Crippen LogP contribution in [0.4, 0.5) is 5.69 Å². The molecule has 0 unspecified atom stereocenters. The van der Waals surface area contributed by atoms with Gasteiger partial charge in [-0.15, -0.1) is 0 Å².